The first-order chi connectivity index (χ1) is 13.2. The van der Waals surface area contributed by atoms with Gasteiger partial charge in [0.05, 0.1) is 6.42 Å². The number of nitrogens with zero attached hydrogens (tertiary/aromatic N) is 1. The van der Waals surface area contributed by atoms with Crippen LogP contribution in [0.3, 0.4) is 0 Å². The van der Waals surface area contributed by atoms with Crippen LogP contribution >= 0.6 is 0 Å². The topological polar surface area (TPSA) is 102 Å². The van der Waals surface area contributed by atoms with Crippen LogP contribution in [0.4, 0.5) is 5.69 Å². The third-order valence-corrected chi connectivity index (χ3v) is 4.89. The number of nitrogens with one attached hydrogen (secondary N) is 1. The van der Waals surface area contributed by atoms with Crippen molar-refractivity contribution >= 4 is 39.8 Å². The molecule has 1 atom stereocenters. The molecule has 8 nitrogen and oxygen atoms in total. The summed E-state index contributed by atoms with van der Waals surface area (Å²) in [6.07, 6.45) is 1.65. The van der Waals surface area contributed by atoms with E-state index in [0.29, 0.717) is 41.0 Å². The molecule has 2 aromatic carbocycles. The minimum Gasteiger partial charge on any atom is -0.330 e. The van der Waals surface area contributed by atoms with E-state index in [1.807, 2.05) is 6.07 Å². The summed E-state index contributed by atoms with van der Waals surface area (Å²) >= 11 is 0. The maximum atomic E-state index is 12.7. The van der Waals surface area contributed by atoms with Crippen molar-refractivity contribution in [3.05, 3.63) is 42.0 Å². The molecule has 1 aliphatic heterocycles. The molecule has 2 aromatic heterocycles. The fourth-order valence-corrected chi connectivity index (χ4v) is 3.47. The molecule has 5 rings (SSSR count). The van der Waals surface area contributed by atoms with Gasteiger partial charge in [0.2, 0.25) is 34.1 Å². The zero-order valence-corrected chi connectivity index (χ0v) is 14.3. The van der Waals surface area contributed by atoms with Gasteiger partial charge in [-0.15, -0.1) is 0 Å². The van der Waals surface area contributed by atoms with Crippen molar-refractivity contribution in [2.45, 2.75) is 25.3 Å². The largest absolute Gasteiger partial charge is 0.330 e. The van der Waals surface area contributed by atoms with Crippen LogP contribution in [-0.4, -0.2) is 29.3 Å². The summed E-state index contributed by atoms with van der Waals surface area (Å²) in [6.45, 7) is 0.572. The summed E-state index contributed by atoms with van der Waals surface area (Å²) in [7, 11) is 0. The van der Waals surface area contributed by atoms with Gasteiger partial charge >= 0.3 is 0 Å². The Morgan fingerprint density at radius 1 is 0.963 bits per heavy atom. The molecular weight excluding hydrogens is 352 g/mol. The smallest absolute Gasteiger partial charge is 0.247 e. The molecule has 1 N–H and O–H groups in total. The molecule has 27 heavy (non-hydrogen) atoms. The van der Waals surface area contributed by atoms with E-state index in [2.05, 4.69) is 5.32 Å². The summed E-state index contributed by atoms with van der Waals surface area (Å²) in [5.41, 5.74) is 3.95. The van der Waals surface area contributed by atoms with Gasteiger partial charge < -0.3 is 10.2 Å². The van der Waals surface area contributed by atoms with Crippen LogP contribution in [0.25, 0.3) is 22.3 Å². The molecule has 138 valence electrons. The lowest BCUT2D eigenvalue weighted by atomic mass is 10.1. The molecule has 1 aliphatic rings. The van der Waals surface area contributed by atoms with Gasteiger partial charge in [-0.05, 0) is 42.7 Å². The van der Waals surface area contributed by atoms with E-state index in [0.717, 1.165) is 12.0 Å². The number of rotatable bonds is 4. The van der Waals surface area contributed by atoms with Crippen LogP contribution in [0.2, 0.25) is 0 Å². The van der Waals surface area contributed by atoms with E-state index in [4.69, 9.17) is 18.3 Å². The van der Waals surface area contributed by atoms with Gasteiger partial charge in [-0.3, -0.25) is 27.9 Å². The quantitative estimate of drug-likeness (QED) is 0.553. The Bertz CT molecular complexity index is 1040. The van der Waals surface area contributed by atoms with E-state index in [1.165, 1.54) is 0 Å². The second kappa shape index (κ2) is 6.08. The Hall–Kier alpha value is -3.42. The minimum absolute atomic E-state index is 0.0817. The standard InChI is InChI=1S/C19H16N2O6/c22-18(9-11-3-5-14-16(8-11)26-24-14)21-7-1-2-13(21)19(23)20-12-4-6-15-17(10-12)27-25-15/h3-6,8,10,13H,1-2,7,9H2,(H,20,23). The van der Waals surface area contributed by atoms with E-state index in [1.54, 1.807) is 35.2 Å². The number of carbonyl (C=O) groups is 2. The normalized spacial score (nSPS) is 17.2. The molecule has 0 aliphatic carbocycles. The molecule has 0 saturated carbocycles. The zero-order valence-electron chi connectivity index (χ0n) is 14.3. The summed E-state index contributed by atoms with van der Waals surface area (Å²) < 4.78 is 19.3. The molecule has 0 spiro atoms. The van der Waals surface area contributed by atoms with Crippen molar-refractivity contribution in [2.75, 3.05) is 11.9 Å². The highest BCUT2D eigenvalue weighted by Crippen LogP contribution is 2.25. The third kappa shape index (κ3) is 2.79. The third-order valence-electron chi connectivity index (χ3n) is 4.89. The van der Waals surface area contributed by atoms with Crippen molar-refractivity contribution < 1.29 is 27.9 Å². The van der Waals surface area contributed by atoms with Crippen molar-refractivity contribution in [1.29, 1.82) is 0 Å². The molecule has 2 amide bonds. The second-order valence-corrected chi connectivity index (χ2v) is 6.69. The number of anilines is 1. The number of carbonyl (C=O) groups excluding carboxylic acids is 2. The highest BCUT2D eigenvalue weighted by molar-refractivity contribution is 5.98. The number of amides is 2. The molecule has 3 heterocycles. The van der Waals surface area contributed by atoms with E-state index < -0.39 is 6.04 Å². The maximum Gasteiger partial charge on any atom is 0.247 e. The molecule has 8 heteroatoms. The average molecular weight is 368 g/mol. The van der Waals surface area contributed by atoms with Crippen molar-refractivity contribution in [1.82, 2.24) is 4.90 Å². The Balaban J connectivity index is 1.27. The van der Waals surface area contributed by atoms with Gasteiger partial charge in [-0.1, -0.05) is 6.07 Å². The second-order valence-electron chi connectivity index (χ2n) is 6.69. The summed E-state index contributed by atoms with van der Waals surface area (Å²) in [6, 6.07) is 10.1. The predicted octanol–water partition coefficient (Wildman–Crippen LogP) is 3.54. The fourth-order valence-electron chi connectivity index (χ4n) is 3.47. The van der Waals surface area contributed by atoms with Crippen molar-refractivity contribution in [3.8, 4) is 0 Å². The van der Waals surface area contributed by atoms with Crippen LogP contribution in [0.5, 0.6) is 0 Å². The lowest BCUT2D eigenvalue weighted by Crippen LogP contribution is -2.43. The molecule has 1 fully saturated rings. The summed E-state index contributed by atoms with van der Waals surface area (Å²) in [4.78, 5) is 27.1. The number of hydrogen-bond acceptors (Lipinski definition) is 6. The molecule has 0 radical (unpaired) electrons. The number of fused-ring (bicyclic) bond motifs is 2. The lowest BCUT2D eigenvalue weighted by Gasteiger charge is -2.24. The van der Waals surface area contributed by atoms with Crippen molar-refractivity contribution in [2.24, 2.45) is 0 Å². The van der Waals surface area contributed by atoms with E-state index >= 15 is 0 Å². The van der Waals surface area contributed by atoms with Gasteiger partial charge in [-0.25, -0.2) is 0 Å². The average Bonchev–Trinajstić information content (AvgIpc) is 3.10. The Morgan fingerprint density at radius 3 is 2.33 bits per heavy atom. The fraction of sp³-hybridized carbons (Fsp3) is 0.263. The summed E-state index contributed by atoms with van der Waals surface area (Å²) in [5, 5.41) is 2.86. The number of hydrogen-bond donors (Lipinski definition) is 1. The van der Waals surface area contributed by atoms with Gasteiger partial charge in [0.1, 0.15) is 6.04 Å². The minimum atomic E-state index is -0.480. The van der Waals surface area contributed by atoms with Crippen LogP contribution < -0.4 is 5.32 Å². The number of likely N-dealkylation sites (tertiary alicyclic amines) is 1. The Morgan fingerprint density at radius 2 is 1.67 bits per heavy atom. The van der Waals surface area contributed by atoms with Crippen LogP contribution in [0.15, 0.2) is 54.7 Å². The summed E-state index contributed by atoms with van der Waals surface area (Å²) in [5.74, 6) is -0.281. The maximum absolute atomic E-state index is 12.7. The number of benzene rings is 2. The van der Waals surface area contributed by atoms with E-state index in [-0.39, 0.29) is 18.2 Å². The first-order valence-electron chi connectivity index (χ1n) is 8.74. The zero-order chi connectivity index (χ0) is 18.4. The van der Waals surface area contributed by atoms with Gasteiger partial charge in [0.25, 0.3) is 0 Å². The van der Waals surface area contributed by atoms with Gasteiger partial charge in [-0.2, -0.15) is 0 Å². The Kier molecular flexibility index (Phi) is 3.56. The molecule has 1 unspecified atom stereocenters. The predicted molar refractivity (Wildman–Crippen MR) is 94.0 cm³/mol. The highest BCUT2D eigenvalue weighted by Gasteiger charge is 2.34. The van der Waals surface area contributed by atoms with Gasteiger partial charge in [0, 0.05) is 18.3 Å². The first kappa shape index (κ1) is 15.8. The molecule has 4 aromatic rings. The highest BCUT2D eigenvalue weighted by atomic mass is 17.0. The Labute approximate surface area is 152 Å². The molecular formula is C19H16N2O6. The van der Waals surface area contributed by atoms with Crippen LogP contribution in [0.1, 0.15) is 18.4 Å². The first-order valence-corrected chi connectivity index (χ1v) is 8.74. The lowest BCUT2D eigenvalue weighted by molar-refractivity contribution is -0.136. The SMILES string of the molecule is O=C(Nc1ccc2ooc2c1)C1CCCN1C(=O)Cc1ccc2ooc2c1. The molecule has 0 bridgehead atoms. The van der Waals surface area contributed by atoms with E-state index in [9.17, 15) is 9.59 Å². The van der Waals surface area contributed by atoms with Gasteiger partial charge in [0.15, 0.2) is 0 Å². The van der Waals surface area contributed by atoms with Crippen molar-refractivity contribution in [3.63, 3.8) is 0 Å². The molecule has 1 saturated heterocycles. The van der Waals surface area contributed by atoms with Crippen LogP contribution in [0, 0.1) is 0 Å². The van der Waals surface area contributed by atoms with Crippen LogP contribution in [-0.2, 0) is 16.0 Å². The monoisotopic (exact) mass is 368 g/mol.